The molecule has 0 atom stereocenters. The van der Waals surface area contributed by atoms with Crippen molar-refractivity contribution in [1.82, 2.24) is 35.3 Å². The Morgan fingerprint density at radius 2 is 1.28 bits per heavy atom. The van der Waals surface area contributed by atoms with Gasteiger partial charge in [-0.3, -0.25) is 19.2 Å². The lowest BCUT2D eigenvalue weighted by Gasteiger charge is -2.30. The molecule has 0 unspecified atom stereocenters. The number of nitrogens with zero attached hydrogens (tertiary/aromatic N) is 3. The smallest absolute Gasteiger partial charge is 0.242 e. The number of rotatable bonds is 22. The highest BCUT2D eigenvalue weighted by Crippen LogP contribution is 2.20. The summed E-state index contributed by atoms with van der Waals surface area (Å²) in [4.78, 5) is 65.2. The Kier molecular flexibility index (Phi) is 15.3. The van der Waals surface area contributed by atoms with E-state index in [1.165, 1.54) is 9.80 Å². The van der Waals surface area contributed by atoms with Crippen LogP contribution in [-0.4, -0.2) is 127 Å². The molecule has 0 radical (unpaired) electrons. The number of methoxy groups -OCH3 is 1. The van der Waals surface area contributed by atoms with Crippen molar-refractivity contribution in [3.05, 3.63) is 72.1 Å². The fourth-order valence-electron chi connectivity index (χ4n) is 5.85. The van der Waals surface area contributed by atoms with Crippen molar-refractivity contribution in [3.63, 3.8) is 0 Å². The fourth-order valence-corrected chi connectivity index (χ4v) is 5.85. The van der Waals surface area contributed by atoms with Crippen LogP contribution < -0.4 is 16.4 Å². The SMILES string of the molecule is CCCNC(=O)CN(CCCN)C(=O)CN(CCc1c[nH]c2ccccc12)C(=O)CN(CCc1c[nH]c2ccccc12)C(=O)CNCCOC. The number of H-pyrrole nitrogens is 2. The van der Waals surface area contributed by atoms with E-state index in [0.29, 0.717) is 58.6 Å². The number of amides is 4. The van der Waals surface area contributed by atoms with Crippen LogP contribution in [-0.2, 0) is 36.8 Å². The molecule has 13 heteroatoms. The van der Waals surface area contributed by atoms with Crippen molar-refractivity contribution in [2.24, 2.45) is 5.73 Å². The molecule has 2 aromatic carbocycles. The number of hydrogen-bond donors (Lipinski definition) is 5. The fraction of sp³-hybridized carbons (Fsp3) is 0.459. The first kappa shape index (κ1) is 38.1. The summed E-state index contributed by atoms with van der Waals surface area (Å²) in [6.45, 7) is 4.09. The summed E-state index contributed by atoms with van der Waals surface area (Å²) in [5.41, 5.74) is 9.80. The summed E-state index contributed by atoms with van der Waals surface area (Å²) in [5.74, 6) is -1.19. The van der Waals surface area contributed by atoms with Crippen LogP contribution in [0.4, 0.5) is 0 Å². The zero-order valence-corrected chi connectivity index (χ0v) is 29.3. The third kappa shape index (κ3) is 11.2. The molecule has 4 amide bonds. The van der Waals surface area contributed by atoms with Gasteiger partial charge in [-0.2, -0.15) is 0 Å². The maximum atomic E-state index is 14.2. The first-order valence-corrected chi connectivity index (χ1v) is 17.4. The third-order valence-corrected chi connectivity index (χ3v) is 8.66. The number of nitrogens with two attached hydrogens (primary N) is 1. The van der Waals surface area contributed by atoms with Crippen molar-refractivity contribution >= 4 is 45.4 Å². The molecule has 13 nitrogen and oxygen atoms in total. The second-order valence-electron chi connectivity index (χ2n) is 12.3. The first-order valence-electron chi connectivity index (χ1n) is 17.4. The molecule has 0 aliphatic carbocycles. The topological polar surface area (TPSA) is 169 Å². The number of aromatic nitrogens is 2. The highest BCUT2D eigenvalue weighted by atomic mass is 16.5. The Bertz CT molecular complexity index is 1680. The maximum Gasteiger partial charge on any atom is 0.242 e. The van der Waals surface area contributed by atoms with Crippen molar-refractivity contribution in [1.29, 1.82) is 0 Å². The van der Waals surface area contributed by atoms with E-state index in [0.717, 1.165) is 39.4 Å². The highest BCUT2D eigenvalue weighted by molar-refractivity contribution is 5.91. The van der Waals surface area contributed by atoms with Gasteiger partial charge in [0.2, 0.25) is 23.6 Å². The molecule has 270 valence electrons. The van der Waals surface area contributed by atoms with Gasteiger partial charge in [-0.05, 0) is 55.5 Å². The number of fused-ring (bicyclic) bond motifs is 2. The van der Waals surface area contributed by atoms with Crippen LogP contribution in [0, 0.1) is 0 Å². The van der Waals surface area contributed by atoms with E-state index in [2.05, 4.69) is 20.6 Å². The first-order chi connectivity index (χ1) is 24.3. The summed E-state index contributed by atoms with van der Waals surface area (Å²) in [7, 11) is 1.59. The summed E-state index contributed by atoms with van der Waals surface area (Å²) in [5, 5.41) is 8.02. The Balaban J connectivity index is 1.54. The van der Waals surface area contributed by atoms with E-state index >= 15 is 0 Å². The van der Waals surface area contributed by atoms with Crippen molar-refractivity contribution in [2.75, 3.05) is 79.2 Å². The van der Waals surface area contributed by atoms with Gasteiger partial charge in [-0.15, -0.1) is 0 Å². The molecule has 2 aromatic heterocycles. The van der Waals surface area contributed by atoms with Gasteiger partial charge in [0.25, 0.3) is 0 Å². The van der Waals surface area contributed by atoms with Gasteiger partial charge in [-0.25, -0.2) is 0 Å². The Hall–Kier alpha value is -4.72. The highest BCUT2D eigenvalue weighted by Gasteiger charge is 2.26. The molecule has 6 N–H and O–H groups in total. The summed E-state index contributed by atoms with van der Waals surface area (Å²) < 4.78 is 5.10. The third-order valence-electron chi connectivity index (χ3n) is 8.66. The van der Waals surface area contributed by atoms with Crippen LogP contribution in [0.2, 0.25) is 0 Å². The summed E-state index contributed by atoms with van der Waals surface area (Å²) in [6, 6.07) is 15.9. The summed E-state index contributed by atoms with van der Waals surface area (Å²) >= 11 is 0. The number of nitrogens with one attached hydrogen (secondary N) is 4. The minimum absolute atomic E-state index is 0.0402. The lowest BCUT2D eigenvalue weighted by atomic mass is 10.1. The van der Waals surface area contributed by atoms with E-state index < -0.39 is 0 Å². The van der Waals surface area contributed by atoms with Crippen LogP contribution in [0.5, 0.6) is 0 Å². The van der Waals surface area contributed by atoms with Crippen LogP contribution in [0.1, 0.15) is 30.9 Å². The number of aromatic amines is 2. The van der Waals surface area contributed by atoms with Gasteiger partial charge in [0.1, 0.15) is 0 Å². The molecule has 0 aliphatic rings. The average molecular weight is 689 g/mol. The molecule has 0 saturated carbocycles. The van der Waals surface area contributed by atoms with Crippen molar-refractivity contribution in [3.8, 4) is 0 Å². The molecule has 0 aliphatic heterocycles. The molecular formula is C37H52N8O5. The zero-order chi connectivity index (χ0) is 35.7. The lowest BCUT2D eigenvalue weighted by molar-refractivity contribution is -0.144. The second kappa shape index (κ2) is 20.1. The van der Waals surface area contributed by atoms with Gasteiger partial charge in [0.05, 0.1) is 32.8 Å². The van der Waals surface area contributed by atoms with E-state index in [1.54, 1.807) is 12.0 Å². The Labute approximate surface area is 293 Å². The van der Waals surface area contributed by atoms with E-state index in [4.69, 9.17) is 10.5 Å². The van der Waals surface area contributed by atoms with Crippen molar-refractivity contribution < 1.29 is 23.9 Å². The molecule has 0 bridgehead atoms. The molecule has 4 rings (SSSR count). The van der Waals surface area contributed by atoms with Crippen LogP contribution in [0.25, 0.3) is 21.8 Å². The maximum absolute atomic E-state index is 14.2. The average Bonchev–Trinajstić information content (AvgIpc) is 3.74. The lowest BCUT2D eigenvalue weighted by Crippen LogP contribution is -2.51. The minimum Gasteiger partial charge on any atom is -0.383 e. The number of benzene rings is 2. The Morgan fingerprint density at radius 1 is 0.740 bits per heavy atom. The summed E-state index contributed by atoms with van der Waals surface area (Å²) in [6.07, 6.45) is 6.17. The minimum atomic E-state index is -0.352. The van der Waals surface area contributed by atoms with Crippen LogP contribution >= 0.6 is 0 Å². The second-order valence-corrected chi connectivity index (χ2v) is 12.3. The van der Waals surface area contributed by atoms with E-state index in [9.17, 15) is 19.2 Å². The van der Waals surface area contributed by atoms with E-state index in [1.807, 2.05) is 67.8 Å². The molecule has 4 aromatic rings. The molecular weight excluding hydrogens is 636 g/mol. The molecule has 50 heavy (non-hydrogen) atoms. The number of para-hydroxylation sites is 2. The van der Waals surface area contributed by atoms with Crippen LogP contribution in [0.15, 0.2) is 60.9 Å². The number of carbonyl (C=O) groups excluding carboxylic acids is 4. The number of hydrogen-bond acceptors (Lipinski definition) is 7. The largest absolute Gasteiger partial charge is 0.383 e. The number of ether oxygens (including phenoxy) is 1. The van der Waals surface area contributed by atoms with Gasteiger partial charge in [0.15, 0.2) is 0 Å². The Morgan fingerprint density at radius 3 is 1.82 bits per heavy atom. The van der Waals surface area contributed by atoms with Crippen molar-refractivity contribution in [2.45, 2.75) is 32.6 Å². The predicted molar refractivity (Wildman–Crippen MR) is 195 cm³/mol. The van der Waals surface area contributed by atoms with Gasteiger partial charge in [-0.1, -0.05) is 43.3 Å². The quantitative estimate of drug-likeness (QED) is 0.0788. The molecule has 0 spiro atoms. The van der Waals surface area contributed by atoms with Gasteiger partial charge < -0.3 is 45.8 Å². The van der Waals surface area contributed by atoms with Crippen LogP contribution in [0.3, 0.4) is 0 Å². The van der Waals surface area contributed by atoms with E-state index in [-0.39, 0.29) is 56.4 Å². The predicted octanol–water partition coefficient (Wildman–Crippen LogP) is 2.03. The van der Waals surface area contributed by atoms with Gasteiger partial charge >= 0.3 is 0 Å². The molecule has 0 fully saturated rings. The molecule has 2 heterocycles. The normalized spacial score (nSPS) is 11.2. The molecule has 0 saturated heterocycles. The number of carbonyl (C=O) groups is 4. The standard InChI is InChI=1S/C37H52N8O5/c1-3-16-40-34(46)25-43(18-8-15-38)36(48)27-45(20-14-29-23-42-33-12-7-5-10-31(29)33)37(49)26-44(35(47)24-39-17-21-50-2)19-13-28-22-41-32-11-6-4-9-30(28)32/h4-7,9-12,22-23,39,41-42H,3,8,13-21,24-27,38H2,1-2H3,(H,40,46). The van der Waals surface area contributed by atoms with Gasteiger partial charge in [0, 0.05) is 74.0 Å². The zero-order valence-electron chi connectivity index (χ0n) is 29.3. The monoisotopic (exact) mass is 688 g/mol.